The second-order valence-corrected chi connectivity index (χ2v) is 7.46. The fourth-order valence-electron chi connectivity index (χ4n) is 3.83. The molecule has 0 aromatic carbocycles. The maximum atomic E-state index is 12.3. The number of hydrogen-bond acceptors (Lipinski definition) is 7. The molecule has 3 atom stereocenters. The molecule has 2 aliphatic heterocycles. The lowest BCUT2D eigenvalue weighted by Crippen LogP contribution is -2.47. The molecule has 2 N–H and O–H groups in total. The van der Waals surface area contributed by atoms with Crippen molar-refractivity contribution in [2.24, 2.45) is 0 Å². The van der Waals surface area contributed by atoms with Crippen LogP contribution in [0.15, 0.2) is 33.3 Å². The van der Waals surface area contributed by atoms with E-state index in [9.17, 15) is 18.0 Å². The van der Waals surface area contributed by atoms with E-state index < -0.39 is 12.1 Å². The van der Waals surface area contributed by atoms with Gasteiger partial charge in [0.2, 0.25) is 5.76 Å². The largest absolute Gasteiger partial charge is 0.490 e. The van der Waals surface area contributed by atoms with Crippen molar-refractivity contribution in [2.75, 3.05) is 13.2 Å². The van der Waals surface area contributed by atoms with Gasteiger partial charge in [-0.05, 0) is 25.0 Å². The molecule has 2 aromatic heterocycles. The summed E-state index contributed by atoms with van der Waals surface area (Å²) in [5.41, 5.74) is 0. The van der Waals surface area contributed by atoms with E-state index in [4.69, 9.17) is 23.6 Å². The van der Waals surface area contributed by atoms with Gasteiger partial charge in [-0.1, -0.05) is 12.1 Å². The van der Waals surface area contributed by atoms with Crippen molar-refractivity contribution in [2.45, 2.75) is 57.1 Å². The van der Waals surface area contributed by atoms with E-state index >= 15 is 0 Å². The smallest absolute Gasteiger partial charge is 0.475 e. The van der Waals surface area contributed by atoms with Gasteiger partial charge >= 0.3 is 12.1 Å². The lowest BCUT2D eigenvalue weighted by Gasteiger charge is -2.32. The molecule has 2 fully saturated rings. The molecular formula is C20H24F3N3O6. The summed E-state index contributed by atoms with van der Waals surface area (Å²) < 4.78 is 48.5. The molecule has 0 radical (unpaired) electrons. The molecule has 9 nitrogen and oxygen atoms in total. The van der Waals surface area contributed by atoms with Gasteiger partial charge in [-0.3, -0.25) is 9.69 Å². The number of aliphatic carboxylic acids is 1. The number of carboxylic acid groups (broad SMARTS) is 1. The molecule has 4 rings (SSSR count). The molecular weight excluding hydrogens is 435 g/mol. The molecule has 0 spiro atoms. The molecule has 2 aromatic rings. The maximum absolute atomic E-state index is 12.3. The molecule has 1 amide bonds. The third kappa shape index (κ3) is 5.88. The Hall–Kier alpha value is -2.86. The van der Waals surface area contributed by atoms with Gasteiger partial charge in [-0.2, -0.15) is 13.2 Å². The second kappa shape index (κ2) is 10.2. The summed E-state index contributed by atoms with van der Waals surface area (Å²) >= 11 is 0. The predicted molar refractivity (Wildman–Crippen MR) is 103 cm³/mol. The molecule has 0 saturated carbocycles. The Balaban J connectivity index is 0.000000360. The van der Waals surface area contributed by atoms with E-state index in [0.29, 0.717) is 6.04 Å². The first-order valence-electron chi connectivity index (χ1n) is 10.1. The number of carbonyl (C=O) groups excluding carboxylic acids is 1. The van der Waals surface area contributed by atoms with Crippen LogP contribution in [0.2, 0.25) is 0 Å². The number of hydrogen-bond donors (Lipinski definition) is 2. The molecule has 12 heteroatoms. The van der Waals surface area contributed by atoms with E-state index in [1.165, 1.54) is 6.20 Å². The number of amides is 1. The summed E-state index contributed by atoms with van der Waals surface area (Å²) in [5, 5.41) is 13.8. The van der Waals surface area contributed by atoms with E-state index in [-0.39, 0.29) is 23.8 Å². The topological polar surface area (TPSA) is 118 Å². The number of aromatic nitrogens is 1. The quantitative estimate of drug-likeness (QED) is 0.701. The number of carbonyl (C=O) groups is 2. The molecule has 0 bridgehead atoms. The highest BCUT2D eigenvalue weighted by molar-refractivity contribution is 5.91. The average molecular weight is 459 g/mol. The molecule has 4 heterocycles. The Bertz CT molecular complexity index is 899. The van der Waals surface area contributed by atoms with Crippen LogP contribution >= 0.6 is 0 Å². The standard InChI is InChI=1S/C18H23N3O4.C2HF3O2/c1-2-12-5-6-13(24-12)10-21-11-14(17-15(21)4-3-9-23-17)20-18(22)16-7-8-19-25-16;3-2(4,5)1(6)7/h5-8,14-15,17H,2-4,9-11H2,1H3,(H,20,22);(H,6,7)/t14-,15+,17+;/m1./s1. The first-order valence-corrected chi connectivity index (χ1v) is 10.1. The first kappa shape index (κ1) is 23.8. The number of rotatable bonds is 5. The van der Waals surface area contributed by atoms with Crippen molar-refractivity contribution >= 4 is 11.9 Å². The fraction of sp³-hybridized carbons (Fsp3) is 0.550. The van der Waals surface area contributed by atoms with Gasteiger partial charge in [-0.25, -0.2) is 4.79 Å². The minimum absolute atomic E-state index is 0.00114. The Labute approximate surface area is 181 Å². The lowest BCUT2D eigenvalue weighted by atomic mass is 10.0. The zero-order valence-electron chi connectivity index (χ0n) is 17.3. The zero-order chi connectivity index (χ0) is 23.3. The second-order valence-electron chi connectivity index (χ2n) is 7.46. The highest BCUT2D eigenvalue weighted by Crippen LogP contribution is 2.30. The van der Waals surface area contributed by atoms with Gasteiger partial charge in [0, 0.05) is 31.7 Å². The monoisotopic (exact) mass is 459 g/mol. The van der Waals surface area contributed by atoms with Crippen LogP contribution in [0, 0.1) is 0 Å². The van der Waals surface area contributed by atoms with Crippen LogP contribution in [0.5, 0.6) is 0 Å². The van der Waals surface area contributed by atoms with Crippen molar-refractivity contribution in [1.82, 2.24) is 15.4 Å². The average Bonchev–Trinajstić information content (AvgIpc) is 3.49. The van der Waals surface area contributed by atoms with Crippen LogP contribution in [-0.4, -0.2) is 64.6 Å². The third-order valence-corrected chi connectivity index (χ3v) is 5.28. The number of nitrogens with zero attached hydrogens (tertiary/aromatic N) is 2. The minimum Gasteiger partial charge on any atom is -0.475 e. The SMILES string of the molecule is CCc1ccc(CN2C[C@@H](NC(=O)c3ccno3)[C@@H]3OCCC[C@@H]32)o1.O=C(O)C(F)(F)F. The van der Waals surface area contributed by atoms with Crippen LogP contribution in [0.3, 0.4) is 0 Å². The number of aryl methyl sites for hydroxylation is 1. The molecule has 176 valence electrons. The predicted octanol–water partition coefficient (Wildman–Crippen LogP) is 2.63. The van der Waals surface area contributed by atoms with Gasteiger partial charge in [-0.15, -0.1) is 0 Å². The fourth-order valence-corrected chi connectivity index (χ4v) is 3.83. The number of alkyl halides is 3. The lowest BCUT2D eigenvalue weighted by molar-refractivity contribution is -0.192. The number of furan rings is 1. The third-order valence-electron chi connectivity index (χ3n) is 5.28. The van der Waals surface area contributed by atoms with Gasteiger partial charge in [0.1, 0.15) is 11.5 Å². The van der Waals surface area contributed by atoms with Crippen LogP contribution in [0.1, 0.15) is 41.8 Å². The normalized spacial score (nSPS) is 23.2. The summed E-state index contributed by atoms with van der Waals surface area (Å²) in [7, 11) is 0. The van der Waals surface area contributed by atoms with Crippen LogP contribution in [0.25, 0.3) is 0 Å². The number of fused-ring (bicyclic) bond motifs is 1. The Morgan fingerprint density at radius 3 is 2.59 bits per heavy atom. The minimum atomic E-state index is -5.08. The van der Waals surface area contributed by atoms with Crippen LogP contribution < -0.4 is 5.32 Å². The van der Waals surface area contributed by atoms with Crippen molar-refractivity contribution in [1.29, 1.82) is 0 Å². The van der Waals surface area contributed by atoms with E-state index in [0.717, 1.165) is 50.5 Å². The Morgan fingerprint density at radius 1 is 1.28 bits per heavy atom. The van der Waals surface area contributed by atoms with Crippen LogP contribution in [-0.2, 0) is 22.5 Å². The van der Waals surface area contributed by atoms with Crippen molar-refractivity contribution in [3.63, 3.8) is 0 Å². The number of carboxylic acids is 1. The van der Waals surface area contributed by atoms with Gasteiger partial charge in [0.15, 0.2) is 0 Å². The first-order chi connectivity index (χ1) is 15.2. The molecule has 32 heavy (non-hydrogen) atoms. The zero-order valence-corrected chi connectivity index (χ0v) is 17.3. The molecule has 2 aliphatic rings. The summed E-state index contributed by atoms with van der Waals surface area (Å²) in [4.78, 5) is 23.6. The van der Waals surface area contributed by atoms with Gasteiger partial charge in [0.25, 0.3) is 5.91 Å². The Kier molecular flexibility index (Phi) is 7.56. The number of halogens is 3. The summed E-state index contributed by atoms with van der Waals surface area (Å²) in [6.07, 6.45) is -0.607. The Morgan fingerprint density at radius 2 is 2.00 bits per heavy atom. The van der Waals surface area contributed by atoms with E-state index in [1.807, 2.05) is 12.1 Å². The van der Waals surface area contributed by atoms with Crippen LogP contribution in [0.4, 0.5) is 13.2 Å². The van der Waals surface area contributed by atoms with Gasteiger partial charge < -0.3 is 24.1 Å². The molecule has 2 saturated heterocycles. The van der Waals surface area contributed by atoms with Gasteiger partial charge in [0.05, 0.1) is 24.9 Å². The molecule has 0 unspecified atom stereocenters. The highest BCUT2D eigenvalue weighted by Gasteiger charge is 2.45. The summed E-state index contributed by atoms with van der Waals surface area (Å²) in [6, 6.07) is 5.87. The summed E-state index contributed by atoms with van der Waals surface area (Å²) in [6.45, 7) is 4.29. The maximum Gasteiger partial charge on any atom is 0.490 e. The highest BCUT2D eigenvalue weighted by atomic mass is 19.4. The molecule has 0 aliphatic carbocycles. The van der Waals surface area contributed by atoms with Crippen molar-refractivity contribution < 1.29 is 41.5 Å². The number of ether oxygens (including phenoxy) is 1. The summed E-state index contributed by atoms with van der Waals surface area (Å²) in [5.74, 6) is -0.815. The van der Waals surface area contributed by atoms with Crippen molar-refractivity contribution in [3.8, 4) is 0 Å². The van der Waals surface area contributed by atoms with E-state index in [1.54, 1.807) is 6.07 Å². The van der Waals surface area contributed by atoms with Crippen molar-refractivity contribution in [3.05, 3.63) is 41.7 Å². The number of nitrogens with one attached hydrogen (secondary N) is 1. The van der Waals surface area contributed by atoms with E-state index in [2.05, 4.69) is 22.3 Å². The number of likely N-dealkylation sites (tertiary alicyclic amines) is 1.